The van der Waals surface area contributed by atoms with Crippen molar-refractivity contribution in [3.63, 3.8) is 0 Å². The number of piperazine rings is 1. The molecule has 0 aromatic carbocycles. The number of hydrogen-bond acceptors (Lipinski definition) is 8. The molecule has 3 rings (SSSR count). The van der Waals surface area contributed by atoms with Crippen LogP contribution in [0.3, 0.4) is 0 Å². The number of amides is 1. The molecule has 160 valence electrons. The number of aromatic nitrogens is 2. The molecule has 1 amide bonds. The molecule has 11 heteroatoms. The summed E-state index contributed by atoms with van der Waals surface area (Å²) in [6, 6.07) is 0. The zero-order valence-corrected chi connectivity index (χ0v) is 18.2. The third-order valence-electron chi connectivity index (χ3n) is 5.17. The van der Waals surface area contributed by atoms with Crippen molar-refractivity contribution in [2.45, 2.75) is 39.1 Å². The van der Waals surface area contributed by atoms with Gasteiger partial charge in [-0.25, -0.2) is 8.42 Å². The largest absolute Gasteiger partial charge is 0.361 e. The van der Waals surface area contributed by atoms with Crippen LogP contribution in [0.4, 0.5) is 0 Å². The summed E-state index contributed by atoms with van der Waals surface area (Å²) in [6.07, 6.45) is 0. The summed E-state index contributed by atoms with van der Waals surface area (Å²) >= 11 is 0. The SMILES string of the molecule is Cc1noc(C)c1CN(C)CC(=O)N1CCN(S(=O)(=O)c2c(C)noc2C)CC1. The van der Waals surface area contributed by atoms with Gasteiger partial charge in [-0.2, -0.15) is 4.31 Å². The van der Waals surface area contributed by atoms with Gasteiger partial charge in [-0.1, -0.05) is 10.3 Å². The maximum absolute atomic E-state index is 12.9. The summed E-state index contributed by atoms with van der Waals surface area (Å²) in [4.78, 5) is 16.4. The Bertz CT molecular complexity index is 949. The van der Waals surface area contributed by atoms with Gasteiger partial charge >= 0.3 is 0 Å². The molecule has 0 N–H and O–H groups in total. The van der Waals surface area contributed by atoms with Gasteiger partial charge in [-0.05, 0) is 34.7 Å². The van der Waals surface area contributed by atoms with E-state index < -0.39 is 10.0 Å². The molecule has 1 saturated heterocycles. The highest BCUT2D eigenvalue weighted by molar-refractivity contribution is 7.89. The van der Waals surface area contributed by atoms with Crippen molar-refractivity contribution in [3.05, 3.63) is 28.5 Å². The van der Waals surface area contributed by atoms with Crippen molar-refractivity contribution < 1.29 is 22.3 Å². The van der Waals surface area contributed by atoms with Crippen LogP contribution >= 0.6 is 0 Å². The molecule has 0 spiro atoms. The number of carbonyl (C=O) groups is 1. The number of likely N-dealkylation sites (N-methyl/N-ethyl adjacent to an activating group) is 1. The first-order valence-electron chi connectivity index (χ1n) is 9.42. The number of hydrogen-bond donors (Lipinski definition) is 0. The normalized spacial score (nSPS) is 16.0. The molecule has 10 nitrogen and oxygen atoms in total. The average Bonchev–Trinajstić information content (AvgIpc) is 3.17. The van der Waals surface area contributed by atoms with Gasteiger partial charge in [-0.3, -0.25) is 9.69 Å². The highest BCUT2D eigenvalue weighted by Gasteiger charge is 2.34. The van der Waals surface area contributed by atoms with Gasteiger partial charge in [-0.15, -0.1) is 0 Å². The van der Waals surface area contributed by atoms with Crippen molar-refractivity contribution in [1.82, 2.24) is 24.4 Å². The predicted molar refractivity (Wildman–Crippen MR) is 104 cm³/mol. The van der Waals surface area contributed by atoms with E-state index in [1.54, 1.807) is 18.7 Å². The van der Waals surface area contributed by atoms with Gasteiger partial charge in [0.05, 0.1) is 12.2 Å². The minimum Gasteiger partial charge on any atom is -0.361 e. The van der Waals surface area contributed by atoms with E-state index in [0.717, 1.165) is 17.0 Å². The number of sulfonamides is 1. The molecule has 29 heavy (non-hydrogen) atoms. The molecule has 0 radical (unpaired) electrons. The van der Waals surface area contributed by atoms with Crippen molar-refractivity contribution in [3.8, 4) is 0 Å². The third-order valence-corrected chi connectivity index (χ3v) is 7.32. The fourth-order valence-corrected chi connectivity index (χ4v) is 5.25. The molecule has 0 unspecified atom stereocenters. The van der Waals surface area contributed by atoms with Gasteiger partial charge in [0.1, 0.15) is 16.3 Å². The van der Waals surface area contributed by atoms with Crippen molar-refractivity contribution in [2.75, 3.05) is 39.8 Å². The quantitative estimate of drug-likeness (QED) is 0.670. The van der Waals surface area contributed by atoms with Crippen LogP contribution < -0.4 is 0 Å². The first kappa shape index (κ1) is 21.5. The van der Waals surface area contributed by atoms with Gasteiger partial charge < -0.3 is 13.9 Å². The molecule has 1 aliphatic rings. The summed E-state index contributed by atoms with van der Waals surface area (Å²) in [5.74, 6) is 0.996. The maximum atomic E-state index is 12.9. The van der Waals surface area contributed by atoms with Crippen LogP contribution in [0.5, 0.6) is 0 Å². The van der Waals surface area contributed by atoms with E-state index in [1.165, 1.54) is 4.31 Å². The zero-order chi connectivity index (χ0) is 21.3. The molecule has 3 heterocycles. The Morgan fingerprint density at radius 3 is 2.10 bits per heavy atom. The van der Waals surface area contributed by atoms with E-state index >= 15 is 0 Å². The fourth-order valence-electron chi connectivity index (χ4n) is 3.53. The third kappa shape index (κ3) is 4.36. The minimum atomic E-state index is -3.68. The topological polar surface area (TPSA) is 113 Å². The summed E-state index contributed by atoms with van der Waals surface area (Å²) in [7, 11) is -1.82. The van der Waals surface area contributed by atoms with Crippen molar-refractivity contribution >= 4 is 15.9 Å². The average molecular weight is 426 g/mol. The smallest absolute Gasteiger partial charge is 0.248 e. The van der Waals surface area contributed by atoms with Crippen molar-refractivity contribution in [1.29, 1.82) is 0 Å². The van der Waals surface area contributed by atoms with Crippen LogP contribution in [0.25, 0.3) is 0 Å². The Labute approximate surface area is 170 Å². The van der Waals surface area contributed by atoms with Crippen LogP contribution in [0.1, 0.15) is 28.5 Å². The highest BCUT2D eigenvalue weighted by Crippen LogP contribution is 2.24. The molecule has 0 atom stereocenters. The molecule has 1 aliphatic heterocycles. The zero-order valence-electron chi connectivity index (χ0n) is 17.4. The van der Waals surface area contributed by atoms with E-state index in [0.29, 0.717) is 25.3 Å². The molecule has 0 saturated carbocycles. The second kappa shape index (κ2) is 8.25. The molecule has 0 bridgehead atoms. The van der Waals surface area contributed by atoms with E-state index in [9.17, 15) is 13.2 Å². The van der Waals surface area contributed by atoms with E-state index in [1.807, 2.05) is 25.8 Å². The monoisotopic (exact) mass is 425 g/mol. The highest BCUT2D eigenvalue weighted by atomic mass is 32.2. The Balaban J connectivity index is 1.57. The second-order valence-corrected chi connectivity index (χ2v) is 9.29. The van der Waals surface area contributed by atoms with E-state index in [2.05, 4.69) is 10.3 Å². The Morgan fingerprint density at radius 2 is 1.59 bits per heavy atom. The Morgan fingerprint density at radius 1 is 1.00 bits per heavy atom. The lowest BCUT2D eigenvalue weighted by Gasteiger charge is -2.34. The molecular formula is C18H27N5O5S. The number of aryl methyl sites for hydroxylation is 4. The lowest BCUT2D eigenvalue weighted by atomic mass is 10.2. The number of rotatable bonds is 6. The molecular weight excluding hydrogens is 398 g/mol. The minimum absolute atomic E-state index is 0.0337. The first-order valence-corrected chi connectivity index (χ1v) is 10.9. The van der Waals surface area contributed by atoms with Crippen molar-refractivity contribution in [2.24, 2.45) is 0 Å². The second-order valence-electron chi connectivity index (χ2n) is 7.41. The summed E-state index contributed by atoms with van der Waals surface area (Å²) in [6.45, 7) is 8.90. The predicted octanol–water partition coefficient (Wildman–Crippen LogP) is 0.861. The molecule has 0 aliphatic carbocycles. The molecule has 1 fully saturated rings. The van der Waals surface area contributed by atoms with E-state index in [4.69, 9.17) is 9.05 Å². The standard InChI is InChI=1S/C18H27N5O5S/c1-12-16(14(3)27-19-12)10-21(5)11-17(24)22-6-8-23(9-7-22)29(25,26)18-13(2)20-28-15(18)4/h6-11H2,1-5H3. The summed E-state index contributed by atoms with van der Waals surface area (Å²) in [5, 5.41) is 7.67. The Hall–Kier alpha value is -2.24. The number of nitrogens with zero attached hydrogens (tertiary/aromatic N) is 5. The Kier molecular flexibility index (Phi) is 6.11. The molecule has 2 aromatic heterocycles. The van der Waals surface area contributed by atoms with Gasteiger partial charge in [0.15, 0.2) is 5.76 Å². The van der Waals surface area contributed by atoms with Gasteiger partial charge in [0.25, 0.3) is 0 Å². The van der Waals surface area contributed by atoms with Gasteiger partial charge in [0, 0.05) is 38.3 Å². The van der Waals surface area contributed by atoms with Crippen LogP contribution in [0, 0.1) is 27.7 Å². The number of carbonyl (C=O) groups excluding carboxylic acids is 1. The fraction of sp³-hybridized carbons (Fsp3) is 0.611. The molecule has 2 aromatic rings. The lowest BCUT2D eigenvalue weighted by molar-refractivity contribution is -0.133. The van der Waals surface area contributed by atoms with Crippen LogP contribution in [-0.2, 0) is 21.4 Å². The summed E-state index contributed by atoms with van der Waals surface area (Å²) < 4.78 is 37.3. The van der Waals surface area contributed by atoms with Crippen LogP contribution in [0.2, 0.25) is 0 Å². The summed E-state index contributed by atoms with van der Waals surface area (Å²) in [5.41, 5.74) is 2.15. The van der Waals surface area contributed by atoms with E-state index in [-0.39, 0.29) is 36.2 Å². The van der Waals surface area contributed by atoms with Crippen LogP contribution in [-0.4, -0.2) is 78.5 Å². The first-order chi connectivity index (χ1) is 13.6. The van der Waals surface area contributed by atoms with Gasteiger partial charge in [0.2, 0.25) is 15.9 Å². The maximum Gasteiger partial charge on any atom is 0.248 e. The van der Waals surface area contributed by atoms with Crippen LogP contribution in [0.15, 0.2) is 13.9 Å². The lowest BCUT2D eigenvalue weighted by Crippen LogP contribution is -2.52.